The third kappa shape index (κ3) is 4.90. The summed E-state index contributed by atoms with van der Waals surface area (Å²) < 4.78 is 10.8. The molecule has 1 amide bonds. The highest BCUT2D eigenvalue weighted by molar-refractivity contribution is 6.32. The molecule has 1 aromatic rings. The van der Waals surface area contributed by atoms with Crippen molar-refractivity contribution in [2.45, 2.75) is 45.6 Å². The molecule has 21 heavy (non-hydrogen) atoms. The van der Waals surface area contributed by atoms with Gasteiger partial charge in [0.1, 0.15) is 11.4 Å². The fourth-order valence-corrected chi connectivity index (χ4v) is 2.17. The molecule has 1 N–H and O–H groups in total. The Balaban J connectivity index is 2.79. The zero-order valence-electron chi connectivity index (χ0n) is 13.2. The second-order valence-corrected chi connectivity index (χ2v) is 5.48. The van der Waals surface area contributed by atoms with Crippen LogP contribution in [0.5, 0.6) is 5.75 Å². The maximum atomic E-state index is 12.4. The first-order valence-electron chi connectivity index (χ1n) is 7.25. The van der Waals surface area contributed by atoms with Crippen molar-refractivity contribution in [3.8, 4) is 5.75 Å². The van der Waals surface area contributed by atoms with Gasteiger partial charge < -0.3 is 14.8 Å². The lowest BCUT2D eigenvalue weighted by Crippen LogP contribution is -2.41. The standard InChI is InChI=1S/C16H24ClNO3/c1-5-7-10-16(3,20-4)15(19)18-12-8-9-14(21-6-2)13(17)11-12/h8-9,11H,5-7,10H2,1-4H3,(H,18,19)/t16-/m0/s1. The molecule has 0 heterocycles. The van der Waals surface area contributed by atoms with E-state index in [2.05, 4.69) is 12.2 Å². The first kappa shape index (κ1) is 17.8. The molecule has 0 aliphatic heterocycles. The summed E-state index contributed by atoms with van der Waals surface area (Å²) in [6, 6.07) is 5.20. The zero-order chi connectivity index (χ0) is 15.9. The van der Waals surface area contributed by atoms with E-state index in [0.717, 1.165) is 12.8 Å². The van der Waals surface area contributed by atoms with Crippen LogP contribution in [-0.2, 0) is 9.53 Å². The summed E-state index contributed by atoms with van der Waals surface area (Å²) in [6.07, 6.45) is 2.62. The zero-order valence-corrected chi connectivity index (χ0v) is 13.9. The maximum absolute atomic E-state index is 12.4. The van der Waals surface area contributed by atoms with E-state index in [1.54, 1.807) is 32.2 Å². The largest absolute Gasteiger partial charge is 0.492 e. The van der Waals surface area contributed by atoms with Crippen LogP contribution in [0.3, 0.4) is 0 Å². The second-order valence-electron chi connectivity index (χ2n) is 5.07. The van der Waals surface area contributed by atoms with Crippen molar-refractivity contribution in [1.29, 1.82) is 0 Å². The van der Waals surface area contributed by atoms with Crippen molar-refractivity contribution >= 4 is 23.2 Å². The Hall–Kier alpha value is -1.26. The Morgan fingerprint density at radius 1 is 1.38 bits per heavy atom. The van der Waals surface area contributed by atoms with Crippen LogP contribution in [0.1, 0.15) is 40.0 Å². The molecule has 118 valence electrons. The third-order valence-electron chi connectivity index (χ3n) is 3.43. The molecule has 0 radical (unpaired) electrons. The van der Waals surface area contributed by atoms with E-state index >= 15 is 0 Å². The van der Waals surface area contributed by atoms with E-state index in [1.807, 2.05) is 6.92 Å². The number of hydrogen-bond donors (Lipinski definition) is 1. The number of amides is 1. The lowest BCUT2D eigenvalue weighted by atomic mass is 9.97. The molecule has 0 saturated carbocycles. The van der Waals surface area contributed by atoms with Crippen molar-refractivity contribution in [3.05, 3.63) is 23.2 Å². The molecule has 0 aromatic heterocycles. The first-order chi connectivity index (χ1) is 9.96. The number of rotatable bonds is 8. The third-order valence-corrected chi connectivity index (χ3v) is 3.72. The molecule has 0 aliphatic carbocycles. The predicted octanol–water partition coefficient (Wildman–Crippen LogP) is 4.27. The van der Waals surface area contributed by atoms with Crippen LogP contribution in [0, 0.1) is 0 Å². The van der Waals surface area contributed by atoms with Gasteiger partial charge in [0.25, 0.3) is 5.91 Å². The van der Waals surface area contributed by atoms with E-state index in [1.165, 1.54) is 0 Å². The van der Waals surface area contributed by atoms with Crippen molar-refractivity contribution in [2.75, 3.05) is 19.0 Å². The van der Waals surface area contributed by atoms with Crippen LogP contribution in [0.2, 0.25) is 5.02 Å². The van der Waals surface area contributed by atoms with Gasteiger partial charge in [-0.15, -0.1) is 0 Å². The molecule has 0 saturated heterocycles. The second kappa shape index (κ2) is 8.25. The van der Waals surface area contributed by atoms with Crippen LogP contribution in [0.4, 0.5) is 5.69 Å². The number of ether oxygens (including phenoxy) is 2. The van der Waals surface area contributed by atoms with Crippen LogP contribution in [0.25, 0.3) is 0 Å². The minimum Gasteiger partial charge on any atom is -0.492 e. The van der Waals surface area contributed by atoms with Crippen molar-refractivity contribution in [1.82, 2.24) is 0 Å². The van der Waals surface area contributed by atoms with Crippen LogP contribution in [0.15, 0.2) is 18.2 Å². The number of halogens is 1. The Morgan fingerprint density at radius 2 is 2.10 bits per heavy atom. The summed E-state index contributed by atoms with van der Waals surface area (Å²) >= 11 is 6.12. The van der Waals surface area contributed by atoms with Crippen LogP contribution < -0.4 is 10.1 Å². The number of anilines is 1. The maximum Gasteiger partial charge on any atom is 0.256 e. The molecule has 5 heteroatoms. The molecule has 0 fully saturated rings. The fourth-order valence-electron chi connectivity index (χ4n) is 1.94. The minimum absolute atomic E-state index is 0.168. The van der Waals surface area contributed by atoms with E-state index < -0.39 is 5.60 Å². The smallest absolute Gasteiger partial charge is 0.256 e. The predicted molar refractivity (Wildman–Crippen MR) is 86.2 cm³/mol. The Morgan fingerprint density at radius 3 is 2.62 bits per heavy atom. The Kier molecular flexibility index (Phi) is 6.99. The average molecular weight is 314 g/mol. The first-order valence-corrected chi connectivity index (χ1v) is 7.63. The van der Waals surface area contributed by atoms with E-state index in [9.17, 15) is 4.79 Å². The molecule has 0 aliphatic rings. The molecular weight excluding hydrogens is 290 g/mol. The SMILES string of the molecule is CCCC[C@](C)(OC)C(=O)Nc1ccc(OCC)c(Cl)c1. The monoisotopic (exact) mass is 313 g/mol. The van der Waals surface area contributed by atoms with Crippen molar-refractivity contribution < 1.29 is 14.3 Å². The highest BCUT2D eigenvalue weighted by Crippen LogP contribution is 2.28. The van der Waals surface area contributed by atoms with E-state index in [4.69, 9.17) is 21.1 Å². The Bertz CT molecular complexity index is 479. The lowest BCUT2D eigenvalue weighted by Gasteiger charge is -2.26. The highest BCUT2D eigenvalue weighted by atomic mass is 35.5. The quantitative estimate of drug-likeness (QED) is 0.779. The molecule has 0 spiro atoms. The lowest BCUT2D eigenvalue weighted by molar-refractivity contribution is -0.136. The van der Waals surface area contributed by atoms with Gasteiger partial charge in [-0.25, -0.2) is 0 Å². The van der Waals surface area contributed by atoms with E-state index in [-0.39, 0.29) is 5.91 Å². The van der Waals surface area contributed by atoms with Gasteiger partial charge in [0, 0.05) is 12.8 Å². The van der Waals surface area contributed by atoms with Gasteiger partial charge in [0.15, 0.2) is 0 Å². The number of methoxy groups -OCH3 is 1. The van der Waals surface area contributed by atoms with Gasteiger partial charge in [0.05, 0.1) is 11.6 Å². The molecule has 1 atom stereocenters. The summed E-state index contributed by atoms with van der Waals surface area (Å²) in [7, 11) is 1.56. The summed E-state index contributed by atoms with van der Waals surface area (Å²) in [5, 5.41) is 3.32. The number of nitrogens with one attached hydrogen (secondary N) is 1. The van der Waals surface area contributed by atoms with Gasteiger partial charge in [-0.3, -0.25) is 4.79 Å². The van der Waals surface area contributed by atoms with Gasteiger partial charge >= 0.3 is 0 Å². The van der Waals surface area contributed by atoms with Crippen molar-refractivity contribution in [3.63, 3.8) is 0 Å². The summed E-state index contributed by atoms with van der Waals surface area (Å²) in [5.41, 5.74) is -0.200. The fraction of sp³-hybridized carbons (Fsp3) is 0.562. The molecule has 4 nitrogen and oxygen atoms in total. The summed E-state index contributed by atoms with van der Waals surface area (Å²) in [6.45, 7) is 6.32. The summed E-state index contributed by atoms with van der Waals surface area (Å²) in [4.78, 5) is 12.4. The number of carbonyl (C=O) groups is 1. The average Bonchev–Trinajstić information content (AvgIpc) is 2.47. The van der Waals surface area contributed by atoms with Crippen molar-refractivity contribution in [2.24, 2.45) is 0 Å². The summed E-state index contributed by atoms with van der Waals surface area (Å²) in [5.74, 6) is 0.441. The minimum atomic E-state index is -0.832. The van der Waals surface area contributed by atoms with Gasteiger partial charge in [-0.05, 0) is 38.5 Å². The van der Waals surface area contributed by atoms with E-state index in [0.29, 0.717) is 29.5 Å². The van der Waals surface area contributed by atoms with Gasteiger partial charge in [-0.2, -0.15) is 0 Å². The normalized spacial score (nSPS) is 13.6. The molecular formula is C16H24ClNO3. The molecule has 1 aromatic carbocycles. The van der Waals surface area contributed by atoms with Crippen LogP contribution in [-0.4, -0.2) is 25.2 Å². The number of hydrogen-bond acceptors (Lipinski definition) is 3. The van der Waals surface area contributed by atoms with Gasteiger partial charge in [-0.1, -0.05) is 31.4 Å². The number of unbranched alkanes of at least 4 members (excludes halogenated alkanes) is 1. The molecule has 0 bridgehead atoms. The number of benzene rings is 1. The topological polar surface area (TPSA) is 47.6 Å². The Labute approximate surface area is 131 Å². The molecule has 1 rings (SSSR count). The van der Waals surface area contributed by atoms with Crippen LogP contribution >= 0.6 is 11.6 Å². The highest BCUT2D eigenvalue weighted by Gasteiger charge is 2.32. The molecule has 0 unspecified atom stereocenters. The number of carbonyl (C=O) groups excluding carboxylic acids is 1. The van der Waals surface area contributed by atoms with Gasteiger partial charge in [0.2, 0.25) is 0 Å².